The van der Waals surface area contributed by atoms with Gasteiger partial charge in [-0.15, -0.1) is 12.6 Å². The van der Waals surface area contributed by atoms with Crippen LogP contribution in [0.15, 0.2) is 61.9 Å². The summed E-state index contributed by atoms with van der Waals surface area (Å²) < 4.78 is 5.64. The lowest BCUT2D eigenvalue weighted by Crippen LogP contribution is -2.09. The number of hydrogen-bond donors (Lipinski definition) is 1. The van der Waals surface area contributed by atoms with Gasteiger partial charge in [-0.3, -0.25) is 4.79 Å². The summed E-state index contributed by atoms with van der Waals surface area (Å²) in [6.45, 7) is 6.30. The number of hydrogen-bond acceptors (Lipinski definition) is 3. The molecule has 2 nitrogen and oxygen atoms in total. The van der Waals surface area contributed by atoms with Crippen LogP contribution in [0.3, 0.4) is 0 Å². The molecule has 0 saturated carbocycles. The van der Waals surface area contributed by atoms with E-state index in [0.29, 0.717) is 28.0 Å². The van der Waals surface area contributed by atoms with E-state index in [1.807, 2.05) is 12.1 Å². The van der Waals surface area contributed by atoms with Crippen LogP contribution in [0, 0.1) is 0 Å². The summed E-state index contributed by atoms with van der Waals surface area (Å²) in [5.74, 6) is 0. The Kier molecular flexibility index (Phi) is 5.67. The third-order valence-electron chi connectivity index (χ3n) is 3.62. The van der Waals surface area contributed by atoms with Gasteiger partial charge in [-0.25, -0.2) is 0 Å². The van der Waals surface area contributed by atoms with Gasteiger partial charge in [0.2, 0.25) is 0 Å². The predicted molar refractivity (Wildman–Crippen MR) is 95.9 cm³/mol. The highest BCUT2D eigenvalue weighted by atomic mass is 32.1. The molecule has 116 valence electrons. The Morgan fingerprint density at radius 1 is 1.18 bits per heavy atom. The molecule has 0 unspecified atom stereocenters. The molecule has 0 aliphatic carbocycles. The second kappa shape index (κ2) is 7.50. The zero-order valence-corrected chi connectivity index (χ0v) is 14.2. The third kappa shape index (κ3) is 4.14. The van der Waals surface area contributed by atoms with Crippen molar-refractivity contribution < 1.29 is 4.42 Å². The minimum atomic E-state index is 0.0141. The highest BCUT2D eigenvalue weighted by Gasteiger charge is 2.10. The molecule has 0 bridgehead atoms. The molecule has 0 fully saturated rings. The maximum Gasteiger partial charge on any atom is 0.197 e. The molecule has 22 heavy (non-hydrogen) atoms. The van der Waals surface area contributed by atoms with Crippen molar-refractivity contribution in [3.05, 3.63) is 63.4 Å². The Labute approximate surface area is 137 Å². The number of allylic oxidation sites excluding steroid dienone is 4. The molecule has 1 aromatic carbocycles. The number of para-hydroxylation sites is 1. The monoisotopic (exact) mass is 314 g/mol. The van der Waals surface area contributed by atoms with E-state index < -0.39 is 0 Å². The summed E-state index contributed by atoms with van der Waals surface area (Å²) in [5, 5.41) is 1.03. The van der Waals surface area contributed by atoms with Crippen LogP contribution in [-0.4, -0.2) is 0 Å². The highest BCUT2D eigenvalue weighted by molar-refractivity contribution is 7.80. The highest BCUT2D eigenvalue weighted by Crippen LogP contribution is 2.19. The molecule has 2 rings (SSSR count). The molecule has 0 radical (unpaired) electrons. The lowest BCUT2D eigenvalue weighted by Gasteiger charge is -2.05. The van der Waals surface area contributed by atoms with Crippen molar-refractivity contribution in [2.75, 3.05) is 0 Å². The van der Waals surface area contributed by atoms with Crippen LogP contribution in [0.2, 0.25) is 0 Å². The first-order valence-electron chi connectivity index (χ1n) is 7.51. The van der Waals surface area contributed by atoms with Crippen LogP contribution in [0.1, 0.15) is 39.2 Å². The first kappa shape index (κ1) is 16.6. The molecule has 0 saturated heterocycles. The fraction of sp³-hybridized carbons (Fsp3) is 0.316. The van der Waals surface area contributed by atoms with E-state index in [9.17, 15) is 4.79 Å². The maximum atomic E-state index is 12.5. The van der Waals surface area contributed by atoms with Gasteiger partial charge in [0.05, 0.1) is 10.9 Å². The standard InChI is InChI=1S/C19H22O2S/c1-13(2)7-6-8-14(3)11-12-16-18(20)15-9-4-5-10-17(15)21-19(16)22/h4-5,7,9-11,22H,6,8,12H2,1-3H3/b14-11+. The lowest BCUT2D eigenvalue weighted by atomic mass is 10.1. The second-order valence-electron chi connectivity index (χ2n) is 5.79. The van der Waals surface area contributed by atoms with Crippen LogP contribution >= 0.6 is 12.6 Å². The maximum absolute atomic E-state index is 12.5. The minimum absolute atomic E-state index is 0.0141. The van der Waals surface area contributed by atoms with E-state index >= 15 is 0 Å². The fourth-order valence-corrected chi connectivity index (χ4v) is 2.61. The first-order chi connectivity index (χ1) is 10.5. The van der Waals surface area contributed by atoms with Gasteiger partial charge >= 0.3 is 0 Å². The van der Waals surface area contributed by atoms with Crippen LogP contribution < -0.4 is 5.43 Å². The number of benzene rings is 1. The van der Waals surface area contributed by atoms with Crippen LogP contribution in [0.4, 0.5) is 0 Å². The Morgan fingerprint density at radius 2 is 1.91 bits per heavy atom. The largest absolute Gasteiger partial charge is 0.450 e. The molecule has 3 heteroatoms. The summed E-state index contributed by atoms with van der Waals surface area (Å²) in [6.07, 6.45) is 6.93. The molecule has 1 heterocycles. The average molecular weight is 314 g/mol. The summed E-state index contributed by atoms with van der Waals surface area (Å²) >= 11 is 4.34. The van der Waals surface area contributed by atoms with Crippen molar-refractivity contribution in [2.24, 2.45) is 0 Å². The Hall–Kier alpha value is -1.74. The SMILES string of the molecule is CC(C)=CCC/C(C)=C/Cc1c(S)oc2ccccc2c1=O. The van der Waals surface area contributed by atoms with E-state index in [2.05, 4.69) is 45.6 Å². The Morgan fingerprint density at radius 3 is 2.64 bits per heavy atom. The van der Waals surface area contributed by atoms with Gasteiger partial charge in [-0.05, 0) is 52.2 Å². The van der Waals surface area contributed by atoms with Crippen molar-refractivity contribution in [1.82, 2.24) is 0 Å². The lowest BCUT2D eigenvalue weighted by molar-refractivity contribution is 0.492. The quantitative estimate of drug-likeness (QED) is 0.598. The van der Waals surface area contributed by atoms with Crippen molar-refractivity contribution in [3.8, 4) is 0 Å². The van der Waals surface area contributed by atoms with Gasteiger partial charge in [0.15, 0.2) is 10.5 Å². The van der Waals surface area contributed by atoms with Crippen LogP contribution in [0.5, 0.6) is 0 Å². The van der Waals surface area contributed by atoms with Crippen molar-refractivity contribution in [1.29, 1.82) is 0 Å². The topological polar surface area (TPSA) is 30.2 Å². The van der Waals surface area contributed by atoms with E-state index in [0.717, 1.165) is 12.8 Å². The van der Waals surface area contributed by atoms with Gasteiger partial charge in [-0.1, -0.05) is 35.4 Å². The van der Waals surface area contributed by atoms with Crippen LogP contribution in [0.25, 0.3) is 11.0 Å². The molecule has 2 aromatic rings. The molecule has 1 aromatic heterocycles. The van der Waals surface area contributed by atoms with Gasteiger partial charge in [0, 0.05) is 0 Å². The number of thiol groups is 1. The molecular formula is C19H22O2S. The Bertz CT molecular complexity index is 778. The fourth-order valence-electron chi connectivity index (χ4n) is 2.32. The van der Waals surface area contributed by atoms with Crippen molar-refractivity contribution >= 4 is 23.6 Å². The predicted octanol–water partition coefficient (Wildman–Crippen LogP) is 5.32. The van der Waals surface area contributed by atoms with Crippen molar-refractivity contribution in [3.63, 3.8) is 0 Å². The summed E-state index contributed by atoms with van der Waals surface area (Å²) in [7, 11) is 0. The second-order valence-corrected chi connectivity index (χ2v) is 6.19. The van der Waals surface area contributed by atoms with E-state index in [1.165, 1.54) is 11.1 Å². The van der Waals surface area contributed by atoms with Gasteiger partial charge in [0.25, 0.3) is 0 Å². The van der Waals surface area contributed by atoms with E-state index in [4.69, 9.17) is 4.42 Å². The van der Waals surface area contributed by atoms with Gasteiger partial charge in [0.1, 0.15) is 5.58 Å². The number of fused-ring (bicyclic) bond motifs is 1. The molecular weight excluding hydrogens is 292 g/mol. The Balaban J connectivity index is 2.21. The normalized spacial score (nSPS) is 11.7. The van der Waals surface area contributed by atoms with Crippen LogP contribution in [-0.2, 0) is 6.42 Å². The molecule has 0 atom stereocenters. The summed E-state index contributed by atoms with van der Waals surface area (Å²) in [6, 6.07) is 7.29. The third-order valence-corrected chi connectivity index (χ3v) is 3.98. The molecule has 0 N–H and O–H groups in total. The van der Waals surface area contributed by atoms with Gasteiger partial charge < -0.3 is 4.42 Å². The first-order valence-corrected chi connectivity index (χ1v) is 7.96. The summed E-state index contributed by atoms with van der Waals surface area (Å²) in [4.78, 5) is 12.5. The smallest absolute Gasteiger partial charge is 0.197 e. The number of rotatable bonds is 5. The zero-order chi connectivity index (χ0) is 16.1. The van der Waals surface area contributed by atoms with Gasteiger partial charge in [-0.2, -0.15) is 0 Å². The zero-order valence-electron chi connectivity index (χ0n) is 13.3. The minimum Gasteiger partial charge on any atom is -0.450 e. The van der Waals surface area contributed by atoms with E-state index in [1.54, 1.807) is 12.1 Å². The molecule has 0 amide bonds. The molecule has 0 aliphatic rings. The van der Waals surface area contributed by atoms with E-state index in [-0.39, 0.29) is 5.43 Å². The summed E-state index contributed by atoms with van der Waals surface area (Å²) in [5.41, 5.74) is 3.84. The average Bonchev–Trinajstić information content (AvgIpc) is 2.46. The molecule has 0 spiro atoms. The molecule has 0 aliphatic heterocycles. The van der Waals surface area contributed by atoms with Crippen molar-refractivity contribution in [2.45, 2.75) is 45.1 Å².